The summed E-state index contributed by atoms with van der Waals surface area (Å²) in [4.78, 5) is 26.9. The first-order valence-electron chi connectivity index (χ1n) is 9.42. The average Bonchev–Trinajstić information content (AvgIpc) is 2.89. The van der Waals surface area contributed by atoms with Gasteiger partial charge in [0, 0.05) is 19.5 Å². The van der Waals surface area contributed by atoms with E-state index in [9.17, 15) is 9.59 Å². The number of ether oxygens (including phenoxy) is 2. The third-order valence-electron chi connectivity index (χ3n) is 5.35. The number of hydrogen-bond donors (Lipinski definition) is 0. The molecule has 1 saturated heterocycles. The predicted molar refractivity (Wildman–Crippen MR) is 101 cm³/mol. The lowest BCUT2D eigenvalue weighted by atomic mass is 9.84. The van der Waals surface area contributed by atoms with Crippen molar-refractivity contribution in [2.75, 3.05) is 19.7 Å². The van der Waals surface area contributed by atoms with Crippen molar-refractivity contribution in [1.29, 1.82) is 0 Å². The molecule has 1 spiro atoms. The molecule has 2 aromatic carbocycles. The monoisotopic (exact) mass is 365 g/mol. The van der Waals surface area contributed by atoms with E-state index in [4.69, 9.17) is 9.47 Å². The molecule has 140 valence electrons. The Labute approximate surface area is 158 Å². The van der Waals surface area contributed by atoms with Gasteiger partial charge >= 0.3 is 0 Å². The van der Waals surface area contributed by atoms with Crippen LogP contribution >= 0.6 is 0 Å². The van der Waals surface area contributed by atoms with Gasteiger partial charge in [-0.05, 0) is 37.1 Å². The van der Waals surface area contributed by atoms with Crippen LogP contribution in [0.3, 0.4) is 0 Å². The third-order valence-corrected chi connectivity index (χ3v) is 5.35. The molecule has 1 unspecified atom stereocenters. The Kier molecular flexibility index (Phi) is 4.84. The molecule has 0 aliphatic carbocycles. The topological polar surface area (TPSA) is 55.8 Å². The molecule has 2 heterocycles. The number of carbonyl (C=O) groups excluding carboxylic acids is 2. The van der Waals surface area contributed by atoms with Crippen LogP contribution in [0.1, 0.15) is 36.0 Å². The van der Waals surface area contributed by atoms with E-state index >= 15 is 0 Å². The number of fused-ring (bicyclic) bond motifs is 1. The standard InChI is InChI=1S/C22H23NO4/c24-19-15-22(27-20-10-5-4-9-18(19)20)11-6-13-23(14-12-22)21(25)16-26-17-7-2-1-3-8-17/h1-5,7-10H,6,11-16H2. The van der Waals surface area contributed by atoms with Gasteiger partial charge in [0.1, 0.15) is 17.1 Å². The molecule has 2 aliphatic heterocycles. The van der Waals surface area contributed by atoms with Crippen LogP contribution in [-0.4, -0.2) is 41.9 Å². The second-order valence-electron chi connectivity index (χ2n) is 7.22. The molecule has 0 N–H and O–H groups in total. The molecule has 0 aromatic heterocycles. The molecular weight excluding hydrogens is 342 g/mol. The largest absolute Gasteiger partial charge is 0.486 e. The van der Waals surface area contributed by atoms with Gasteiger partial charge in [-0.3, -0.25) is 9.59 Å². The van der Waals surface area contributed by atoms with E-state index in [1.54, 1.807) is 0 Å². The molecule has 0 radical (unpaired) electrons. The van der Waals surface area contributed by atoms with Crippen molar-refractivity contribution in [3.05, 3.63) is 60.2 Å². The van der Waals surface area contributed by atoms with Crippen molar-refractivity contribution in [1.82, 2.24) is 4.90 Å². The summed E-state index contributed by atoms with van der Waals surface area (Å²) in [6.07, 6.45) is 2.62. The molecule has 5 heteroatoms. The van der Waals surface area contributed by atoms with Crippen LogP contribution in [0.2, 0.25) is 0 Å². The first-order chi connectivity index (χ1) is 13.2. The summed E-state index contributed by atoms with van der Waals surface area (Å²) in [5, 5.41) is 0. The molecule has 2 aromatic rings. The zero-order valence-electron chi connectivity index (χ0n) is 15.2. The highest BCUT2D eigenvalue weighted by molar-refractivity contribution is 6.00. The highest BCUT2D eigenvalue weighted by atomic mass is 16.5. The number of amides is 1. The quantitative estimate of drug-likeness (QED) is 0.836. The molecule has 0 saturated carbocycles. The number of rotatable bonds is 3. The number of benzene rings is 2. The number of hydrogen-bond acceptors (Lipinski definition) is 4. The summed E-state index contributed by atoms with van der Waals surface area (Å²) < 4.78 is 11.9. The fourth-order valence-corrected chi connectivity index (χ4v) is 3.89. The van der Waals surface area contributed by atoms with Crippen molar-refractivity contribution in [3.63, 3.8) is 0 Å². The second kappa shape index (κ2) is 7.43. The van der Waals surface area contributed by atoms with Gasteiger partial charge in [0.05, 0.1) is 12.0 Å². The van der Waals surface area contributed by atoms with Gasteiger partial charge < -0.3 is 14.4 Å². The van der Waals surface area contributed by atoms with Crippen LogP contribution in [0.5, 0.6) is 11.5 Å². The van der Waals surface area contributed by atoms with Crippen LogP contribution in [0.4, 0.5) is 0 Å². The summed E-state index contributed by atoms with van der Waals surface area (Å²) in [6.45, 7) is 1.27. The van der Waals surface area contributed by atoms with Gasteiger partial charge in [-0.1, -0.05) is 30.3 Å². The summed E-state index contributed by atoms with van der Waals surface area (Å²) >= 11 is 0. The van der Waals surface area contributed by atoms with Crippen molar-refractivity contribution in [3.8, 4) is 11.5 Å². The van der Waals surface area contributed by atoms with Gasteiger partial charge in [-0.25, -0.2) is 0 Å². The molecule has 0 bridgehead atoms. The van der Waals surface area contributed by atoms with E-state index in [1.807, 2.05) is 59.5 Å². The van der Waals surface area contributed by atoms with Crippen molar-refractivity contribution >= 4 is 11.7 Å². The second-order valence-corrected chi connectivity index (χ2v) is 7.22. The lowest BCUT2D eigenvalue weighted by molar-refractivity contribution is -0.133. The van der Waals surface area contributed by atoms with E-state index in [0.717, 1.165) is 12.8 Å². The van der Waals surface area contributed by atoms with Crippen molar-refractivity contribution in [2.45, 2.75) is 31.3 Å². The molecule has 4 rings (SSSR count). The zero-order valence-corrected chi connectivity index (χ0v) is 15.2. The highest BCUT2D eigenvalue weighted by Gasteiger charge is 2.41. The van der Waals surface area contributed by atoms with Crippen LogP contribution < -0.4 is 9.47 Å². The normalized spacial score (nSPS) is 21.9. The Morgan fingerprint density at radius 2 is 1.81 bits per heavy atom. The van der Waals surface area contributed by atoms with E-state index in [2.05, 4.69) is 0 Å². The minimum absolute atomic E-state index is 0.0274. The number of ketones is 1. The zero-order chi connectivity index (χ0) is 18.7. The Hall–Kier alpha value is -2.82. The lowest BCUT2D eigenvalue weighted by Gasteiger charge is -2.37. The fraction of sp³-hybridized carbons (Fsp3) is 0.364. The van der Waals surface area contributed by atoms with Gasteiger partial charge in [-0.15, -0.1) is 0 Å². The van der Waals surface area contributed by atoms with E-state index in [-0.39, 0.29) is 18.3 Å². The molecule has 1 atom stereocenters. The minimum atomic E-state index is -0.499. The van der Waals surface area contributed by atoms with Gasteiger partial charge in [0.15, 0.2) is 12.4 Å². The summed E-state index contributed by atoms with van der Waals surface area (Å²) in [5.41, 5.74) is 0.164. The predicted octanol–water partition coefficient (Wildman–Crippen LogP) is 3.48. The average molecular weight is 365 g/mol. The highest BCUT2D eigenvalue weighted by Crippen LogP contribution is 2.39. The number of nitrogens with zero attached hydrogens (tertiary/aromatic N) is 1. The number of Topliss-reactive ketones (excluding diaryl/α,β-unsaturated/α-hetero) is 1. The Balaban J connectivity index is 1.39. The number of likely N-dealkylation sites (tertiary alicyclic amines) is 1. The summed E-state index contributed by atoms with van der Waals surface area (Å²) in [5.74, 6) is 1.46. The van der Waals surface area contributed by atoms with E-state index in [1.165, 1.54) is 0 Å². The fourth-order valence-electron chi connectivity index (χ4n) is 3.89. The summed E-state index contributed by atoms with van der Waals surface area (Å²) in [6, 6.07) is 16.8. The maximum Gasteiger partial charge on any atom is 0.260 e. The molecular formula is C22H23NO4. The van der Waals surface area contributed by atoms with Gasteiger partial charge in [0.2, 0.25) is 0 Å². The first-order valence-corrected chi connectivity index (χ1v) is 9.42. The smallest absolute Gasteiger partial charge is 0.260 e. The maximum absolute atomic E-state index is 12.6. The summed E-state index contributed by atoms with van der Waals surface area (Å²) in [7, 11) is 0. The lowest BCUT2D eigenvalue weighted by Crippen LogP contribution is -2.43. The minimum Gasteiger partial charge on any atom is -0.486 e. The number of carbonyl (C=O) groups is 2. The maximum atomic E-state index is 12.6. The third kappa shape index (κ3) is 3.82. The molecule has 5 nitrogen and oxygen atoms in total. The van der Waals surface area contributed by atoms with Crippen molar-refractivity contribution < 1.29 is 19.1 Å². The van der Waals surface area contributed by atoms with Crippen LogP contribution in [0, 0.1) is 0 Å². The molecule has 27 heavy (non-hydrogen) atoms. The van der Waals surface area contributed by atoms with Gasteiger partial charge in [0.25, 0.3) is 5.91 Å². The molecule has 1 fully saturated rings. The SMILES string of the molecule is O=C1CC2(CCCN(C(=O)COc3ccccc3)CC2)Oc2ccccc21. The van der Waals surface area contributed by atoms with Crippen molar-refractivity contribution in [2.24, 2.45) is 0 Å². The van der Waals surface area contributed by atoms with Gasteiger partial charge in [-0.2, -0.15) is 0 Å². The molecule has 1 amide bonds. The Morgan fingerprint density at radius 1 is 1.04 bits per heavy atom. The Bertz CT molecular complexity index is 835. The van der Waals surface area contributed by atoms with Crippen LogP contribution in [0.25, 0.3) is 0 Å². The number of para-hydroxylation sites is 2. The van der Waals surface area contributed by atoms with E-state index < -0.39 is 5.60 Å². The Morgan fingerprint density at radius 3 is 2.67 bits per heavy atom. The molecule has 2 aliphatic rings. The first kappa shape index (κ1) is 17.6. The van der Waals surface area contributed by atoms with Crippen LogP contribution in [-0.2, 0) is 4.79 Å². The van der Waals surface area contributed by atoms with E-state index in [0.29, 0.717) is 43.0 Å². The van der Waals surface area contributed by atoms with Crippen LogP contribution in [0.15, 0.2) is 54.6 Å².